The minimum atomic E-state index is -1.00. The molecule has 0 heterocycles. The lowest BCUT2D eigenvalue weighted by molar-refractivity contribution is -0.140. The maximum atomic E-state index is 10.2. The molecule has 12 nitrogen and oxygen atoms in total. The van der Waals surface area contributed by atoms with Crippen molar-refractivity contribution in [2.45, 2.75) is 71.5 Å². The third-order valence-corrected chi connectivity index (χ3v) is 4.37. The van der Waals surface area contributed by atoms with E-state index in [-0.39, 0.29) is 17.8 Å². The van der Waals surface area contributed by atoms with E-state index in [2.05, 4.69) is 4.99 Å². The Morgan fingerprint density at radius 1 is 0.800 bits per heavy atom. The zero-order valence-corrected chi connectivity index (χ0v) is 18.3. The van der Waals surface area contributed by atoms with Crippen molar-refractivity contribution in [3.05, 3.63) is 0 Å². The van der Waals surface area contributed by atoms with Crippen molar-refractivity contribution < 1.29 is 29.7 Å². The molecule has 13 N–H and O–H groups in total. The van der Waals surface area contributed by atoms with Crippen molar-refractivity contribution in [3.63, 3.8) is 0 Å². The highest BCUT2D eigenvalue weighted by molar-refractivity contribution is 5.75. The number of carboxylic acid groups (broad SMARTS) is 3. The molecular formula is C18H40N6O6. The number of rotatable bonds is 11. The van der Waals surface area contributed by atoms with Gasteiger partial charge in [-0.3, -0.25) is 19.4 Å². The number of aliphatic carboxylic acids is 3. The summed E-state index contributed by atoms with van der Waals surface area (Å²) in [6.07, 6.45) is 2.58. The standard InChI is InChI=1S/C6H14N4O2.2C6H13NO2/c7-4(5(11)12)2-1-3-10-6(8)9;2*1-3-4(2)5(7)6(8)9/h4H,1-3,7H2,(H,11,12)(H4,8,9,10);2*4-5H,3,7H2,1-2H3,(H,8,9)/t4-;2*4-,5-/m000/s1. The van der Waals surface area contributed by atoms with Crippen molar-refractivity contribution in [2.75, 3.05) is 6.54 Å². The summed E-state index contributed by atoms with van der Waals surface area (Å²) in [6.45, 7) is 7.93. The van der Waals surface area contributed by atoms with Gasteiger partial charge in [-0.1, -0.05) is 40.5 Å². The lowest BCUT2D eigenvalue weighted by Gasteiger charge is -2.11. The quantitative estimate of drug-likeness (QED) is 0.114. The molecule has 0 aromatic carbocycles. The average Bonchev–Trinajstić information content (AvgIpc) is 2.68. The third-order valence-electron chi connectivity index (χ3n) is 4.37. The van der Waals surface area contributed by atoms with E-state index in [9.17, 15) is 14.4 Å². The van der Waals surface area contributed by atoms with Gasteiger partial charge in [0.15, 0.2) is 5.96 Å². The summed E-state index contributed by atoms with van der Waals surface area (Å²) < 4.78 is 0. The molecule has 5 atom stereocenters. The zero-order chi connectivity index (χ0) is 24.4. The van der Waals surface area contributed by atoms with Crippen LogP contribution in [0.25, 0.3) is 0 Å². The molecule has 0 radical (unpaired) electrons. The highest BCUT2D eigenvalue weighted by Crippen LogP contribution is 2.04. The van der Waals surface area contributed by atoms with E-state index in [0.717, 1.165) is 12.8 Å². The van der Waals surface area contributed by atoms with Gasteiger partial charge in [-0.25, -0.2) is 0 Å². The Labute approximate surface area is 177 Å². The molecule has 0 aliphatic rings. The van der Waals surface area contributed by atoms with Crippen molar-refractivity contribution in [2.24, 2.45) is 45.5 Å². The first kappa shape index (κ1) is 32.2. The molecule has 0 unspecified atom stereocenters. The highest BCUT2D eigenvalue weighted by atomic mass is 16.4. The normalized spacial score (nSPS) is 14.9. The Hall–Kier alpha value is -2.44. The van der Waals surface area contributed by atoms with E-state index in [4.69, 9.17) is 44.0 Å². The second kappa shape index (κ2) is 18.6. The van der Waals surface area contributed by atoms with Crippen LogP contribution in [0.2, 0.25) is 0 Å². The van der Waals surface area contributed by atoms with E-state index in [1.54, 1.807) is 0 Å². The number of guanidine groups is 1. The monoisotopic (exact) mass is 436 g/mol. The molecule has 178 valence electrons. The van der Waals surface area contributed by atoms with Crippen LogP contribution in [0.5, 0.6) is 0 Å². The first-order valence-corrected chi connectivity index (χ1v) is 9.73. The van der Waals surface area contributed by atoms with E-state index < -0.39 is 36.0 Å². The maximum absolute atomic E-state index is 10.2. The Balaban J connectivity index is -0.000000371. The van der Waals surface area contributed by atoms with Crippen LogP contribution in [0, 0.1) is 11.8 Å². The van der Waals surface area contributed by atoms with Crippen LogP contribution in [-0.2, 0) is 14.4 Å². The summed E-state index contributed by atoms with van der Waals surface area (Å²) in [7, 11) is 0. The SMILES string of the molecule is CC[C@H](C)[C@H](N)C(=O)O.CC[C@H](C)[C@H](N)C(=O)O.NC(N)=NCCC[C@H](N)C(=O)O. The second-order valence-electron chi connectivity index (χ2n) is 6.89. The largest absolute Gasteiger partial charge is 0.480 e. The van der Waals surface area contributed by atoms with E-state index in [0.29, 0.717) is 19.4 Å². The van der Waals surface area contributed by atoms with Crippen molar-refractivity contribution >= 4 is 23.9 Å². The Morgan fingerprint density at radius 3 is 1.37 bits per heavy atom. The van der Waals surface area contributed by atoms with Crippen LogP contribution in [0.15, 0.2) is 4.99 Å². The first-order valence-electron chi connectivity index (χ1n) is 9.73. The summed E-state index contributed by atoms with van der Waals surface area (Å²) in [4.78, 5) is 34.2. The van der Waals surface area contributed by atoms with Gasteiger partial charge in [0.25, 0.3) is 0 Å². The van der Waals surface area contributed by atoms with Crippen LogP contribution in [0.3, 0.4) is 0 Å². The van der Waals surface area contributed by atoms with Gasteiger partial charge < -0.3 is 44.0 Å². The smallest absolute Gasteiger partial charge is 0.320 e. The Bertz CT molecular complexity index is 501. The number of aliphatic imine (C=N–C) groups is 1. The van der Waals surface area contributed by atoms with Crippen LogP contribution < -0.4 is 28.7 Å². The number of hydrogen-bond donors (Lipinski definition) is 8. The molecule has 0 fully saturated rings. The Kier molecular flexibility index (Phi) is 20.0. The number of hydrogen-bond acceptors (Lipinski definition) is 7. The molecule has 0 rings (SSSR count). The van der Waals surface area contributed by atoms with Gasteiger partial charge in [0, 0.05) is 6.54 Å². The summed E-state index contributed by atoms with van der Waals surface area (Å²) in [5, 5.41) is 25.1. The minimum Gasteiger partial charge on any atom is -0.480 e. The number of nitrogens with two attached hydrogens (primary N) is 5. The van der Waals surface area contributed by atoms with Crippen LogP contribution >= 0.6 is 0 Å². The van der Waals surface area contributed by atoms with E-state index in [1.807, 2.05) is 27.7 Å². The van der Waals surface area contributed by atoms with Crippen LogP contribution in [0.1, 0.15) is 53.4 Å². The topological polar surface area (TPSA) is 254 Å². The number of carboxylic acids is 3. The predicted octanol–water partition coefficient (Wildman–Crippen LogP) is -0.659. The molecule has 0 aliphatic carbocycles. The first-order chi connectivity index (χ1) is 13.7. The van der Waals surface area contributed by atoms with Crippen molar-refractivity contribution in [3.8, 4) is 0 Å². The molecule has 0 aliphatic heterocycles. The predicted molar refractivity (Wildman–Crippen MR) is 116 cm³/mol. The number of nitrogens with zero attached hydrogens (tertiary/aromatic N) is 1. The van der Waals surface area contributed by atoms with Crippen LogP contribution in [0.4, 0.5) is 0 Å². The Morgan fingerprint density at radius 2 is 1.17 bits per heavy atom. The van der Waals surface area contributed by atoms with Gasteiger partial charge in [0.2, 0.25) is 0 Å². The second-order valence-corrected chi connectivity index (χ2v) is 6.89. The van der Waals surface area contributed by atoms with Gasteiger partial charge in [-0.05, 0) is 24.7 Å². The van der Waals surface area contributed by atoms with E-state index in [1.165, 1.54) is 0 Å². The van der Waals surface area contributed by atoms with E-state index >= 15 is 0 Å². The number of carbonyl (C=O) groups is 3. The van der Waals surface area contributed by atoms with Crippen molar-refractivity contribution in [1.82, 2.24) is 0 Å². The summed E-state index contributed by atoms with van der Waals surface area (Å²) in [5.41, 5.74) is 25.9. The fraction of sp³-hybridized carbons (Fsp3) is 0.778. The molecule has 0 saturated heterocycles. The molecule has 30 heavy (non-hydrogen) atoms. The molecule has 0 aromatic heterocycles. The fourth-order valence-corrected chi connectivity index (χ4v) is 1.64. The van der Waals surface area contributed by atoms with Gasteiger partial charge in [0.05, 0.1) is 0 Å². The molecule has 0 aromatic rings. The van der Waals surface area contributed by atoms with Gasteiger partial charge in [-0.2, -0.15) is 0 Å². The lowest BCUT2D eigenvalue weighted by Crippen LogP contribution is -2.36. The van der Waals surface area contributed by atoms with Gasteiger partial charge in [0.1, 0.15) is 18.1 Å². The lowest BCUT2D eigenvalue weighted by atomic mass is 10.0. The average molecular weight is 437 g/mol. The van der Waals surface area contributed by atoms with Crippen molar-refractivity contribution in [1.29, 1.82) is 0 Å². The zero-order valence-electron chi connectivity index (χ0n) is 18.3. The highest BCUT2D eigenvalue weighted by Gasteiger charge is 2.18. The third kappa shape index (κ3) is 18.9. The van der Waals surface area contributed by atoms with Crippen LogP contribution in [-0.4, -0.2) is 63.9 Å². The van der Waals surface area contributed by atoms with Gasteiger partial charge >= 0.3 is 17.9 Å². The molecule has 0 saturated carbocycles. The maximum Gasteiger partial charge on any atom is 0.320 e. The molecule has 0 bridgehead atoms. The summed E-state index contributed by atoms with van der Waals surface area (Å²) in [5.74, 6) is -2.67. The molecular weight excluding hydrogens is 396 g/mol. The molecule has 12 heteroatoms. The minimum absolute atomic E-state index is 0.0129. The fourth-order valence-electron chi connectivity index (χ4n) is 1.64. The molecule has 0 amide bonds. The summed E-state index contributed by atoms with van der Waals surface area (Å²) in [6, 6.07) is -2.22. The molecule has 0 spiro atoms. The van der Waals surface area contributed by atoms with Gasteiger partial charge in [-0.15, -0.1) is 0 Å². The summed E-state index contributed by atoms with van der Waals surface area (Å²) >= 11 is 0.